The highest BCUT2D eigenvalue weighted by Gasteiger charge is 2.69. The third-order valence-electron chi connectivity index (χ3n) is 14.5. The number of imidazole rings is 1. The SMILES string of the molecule is [2H]C(C)(C)c1cccc(C([2H])(C)C)c1-c1ccc(-n2c3[n+]4c5c(cccc52)-c2cc(-c5ccccc5)cc5c2C4(Oc2c-3cc(C(C)C)cc2C(C)C)[n+]2ccc(-c3ccc(C)cc3)cc2-5)cc1. The van der Waals surface area contributed by atoms with Gasteiger partial charge in [0.1, 0.15) is 16.8 Å². The summed E-state index contributed by atoms with van der Waals surface area (Å²) in [6.45, 7) is 19.0. The van der Waals surface area contributed by atoms with Gasteiger partial charge in [-0.25, -0.2) is 0 Å². The summed E-state index contributed by atoms with van der Waals surface area (Å²) in [4.78, 5) is 0. The lowest BCUT2D eigenvalue weighted by Crippen LogP contribution is -2.78. The van der Waals surface area contributed by atoms with Crippen LogP contribution in [0.3, 0.4) is 0 Å². The molecule has 0 amide bonds. The molecule has 9 aromatic rings. The third-order valence-corrected chi connectivity index (χ3v) is 14.5. The fraction of sp³-hybridized carbons (Fsp3) is 0.226. The van der Waals surface area contributed by atoms with Gasteiger partial charge in [0, 0.05) is 26.0 Å². The lowest BCUT2D eigenvalue weighted by molar-refractivity contribution is -0.997. The van der Waals surface area contributed by atoms with E-state index >= 15 is 0 Å². The molecule has 3 aliphatic heterocycles. The monoisotopic (exact) mass is 861 g/mol. The van der Waals surface area contributed by atoms with Gasteiger partial charge < -0.3 is 4.74 Å². The smallest absolute Gasteiger partial charge is 0.392 e. The molecule has 0 radical (unpaired) electrons. The number of nitrogens with zero attached hydrogens (tertiary/aromatic N) is 3. The van der Waals surface area contributed by atoms with Gasteiger partial charge in [-0.1, -0.05) is 158 Å². The summed E-state index contributed by atoms with van der Waals surface area (Å²) in [5.41, 5.74) is 22.2. The number of hydrogen-bond acceptors (Lipinski definition) is 1. The van der Waals surface area contributed by atoms with Crippen molar-refractivity contribution >= 4 is 11.0 Å². The van der Waals surface area contributed by atoms with Crippen LogP contribution in [0, 0.1) is 6.92 Å². The highest BCUT2D eigenvalue weighted by molar-refractivity contribution is 5.99. The van der Waals surface area contributed by atoms with Crippen LogP contribution >= 0.6 is 0 Å². The van der Waals surface area contributed by atoms with Gasteiger partial charge in [0.05, 0.1) is 5.56 Å². The molecule has 2 aromatic heterocycles. The minimum atomic E-state index is -1.10. The summed E-state index contributed by atoms with van der Waals surface area (Å²) in [6, 6.07) is 55.6. The second-order valence-corrected chi connectivity index (χ2v) is 19.8. The number of para-hydroxylation sites is 1. The van der Waals surface area contributed by atoms with Gasteiger partial charge >= 0.3 is 11.7 Å². The van der Waals surface area contributed by atoms with Crippen molar-refractivity contribution in [2.75, 3.05) is 0 Å². The zero-order chi connectivity index (χ0) is 47.2. The van der Waals surface area contributed by atoms with Crippen molar-refractivity contribution in [1.29, 1.82) is 0 Å². The van der Waals surface area contributed by atoms with Gasteiger partial charge in [0.25, 0.3) is 0 Å². The Morgan fingerprint density at radius 3 is 1.89 bits per heavy atom. The van der Waals surface area contributed by atoms with E-state index in [1.807, 2.05) is 33.8 Å². The Labute approximate surface area is 392 Å². The Kier molecular flexibility index (Phi) is 8.54. The Morgan fingerprint density at radius 2 is 1.21 bits per heavy atom. The fourth-order valence-electron chi connectivity index (χ4n) is 11.2. The fourth-order valence-corrected chi connectivity index (χ4v) is 11.2. The van der Waals surface area contributed by atoms with E-state index in [4.69, 9.17) is 4.74 Å². The van der Waals surface area contributed by atoms with Crippen LogP contribution in [0.4, 0.5) is 0 Å². The molecule has 324 valence electrons. The largest absolute Gasteiger partial charge is 0.499 e. The molecule has 0 N–H and O–H groups in total. The first-order valence-electron chi connectivity index (χ1n) is 24.6. The lowest BCUT2D eigenvalue weighted by Gasteiger charge is -2.34. The minimum absolute atomic E-state index is 0.188. The Morgan fingerprint density at radius 1 is 0.545 bits per heavy atom. The highest BCUT2D eigenvalue weighted by atomic mass is 16.5. The van der Waals surface area contributed by atoms with Crippen LogP contribution in [-0.2, 0) is 5.85 Å². The first-order valence-corrected chi connectivity index (χ1v) is 23.6. The predicted octanol–water partition coefficient (Wildman–Crippen LogP) is 15.2. The molecule has 4 nitrogen and oxygen atoms in total. The first kappa shape index (κ1) is 38.3. The highest BCUT2D eigenvalue weighted by Crippen LogP contribution is 2.56. The number of aryl methyl sites for hydroxylation is 1. The van der Waals surface area contributed by atoms with Crippen LogP contribution in [0.15, 0.2) is 158 Å². The Balaban J connectivity index is 1.21. The van der Waals surface area contributed by atoms with E-state index in [9.17, 15) is 2.74 Å². The second kappa shape index (κ2) is 14.7. The number of benzene rings is 7. The van der Waals surface area contributed by atoms with E-state index in [1.165, 1.54) is 38.9 Å². The topological polar surface area (TPSA) is 21.9 Å². The van der Waals surface area contributed by atoms with E-state index in [0.717, 1.165) is 84.1 Å². The number of hydrogen-bond donors (Lipinski definition) is 0. The summed E-state index contributed by atoms with van der Waals surface area (Å²) in [5.74, 6) is -0.363. The van der Waals surface area contributed by atoms with Crippen molar-refractivity contribution in [2.45, 2.75) is 91.8 Å². The summed E-state index contributed by atoms with van der Waals surface area (Å²) in [7, 11) is 0. The minimum Gasteiger partial charge on any atom is -0.392 e. The van der Waals surface area contributed by atoms with Crippen LogP contribution < -0.4 is 13.9 Å². The molecular weight excluding hydrogens is 803 g/mol. The Hall–Kier alpha value is -7.04. The molecule has 12 rings (SSSR count). The molecule has 3 aliphatic rings. The second-order valence-electron chi connectivity index (χ2n) is 19.8. The Bertz CT molecular complexity index is 3520. The molecule has 1 unspecified atom stereocenters. The van der Waals surface area contributed by atoms with E-state index in [0.29, 0.717) is 5.92 Å². The van der Waals surface area contributed by atoms with E-state index in [-0.39, 0.29) is 5.92 Å². The van der Waals surface area contributed by atoms with Gasteiger partial charge in [-0.15, -0.1) is 9.13 Å². The molecule has 7 aromatic carbocycles. The van der Waals surface area contributed by atoms with Crippen LogP contribution in [0.5, 0.6) is 5.75 Å². The number of aromatic nitrogens is 3. The molecule has 66 heavy (non-hydrogen) atoms. The summed E-state index contributed by atoms with van der Waals surface area (Å²) in [5, 5.41) is 0. The third kappa shape index (κ3) is 5.70. The molecule has 1 atom stereocenters. The van der Waals surface area contributed by atoms with Gasteiger partial charge in [-0.3, -0.25) is 0 Å². The first-order chi connectivity index (χ1) is 32.5. The number of rotatable bonds is 8. The molecule has 5 heterocycles. The molecule has 0 aliphatic carbocycles. The van der Waals surface area contributed by atoms with Crippen molar-refractivity contribution in [3.63, 3.8) is 0 Å². The van der Waals surface area contributed by atoms with Crippen LogP contribution in [-0.4, -0.2) is 4.57 Å². The summed E-state index contributed by atoms with van der Waals surface area (Å²) < 4.78 is 33.9. The summed E-state index contributed by atoms with van der Waals surface area (Å²) in [6.07, 6.45) is 2.26. The molecule has 4 heteroatoms. The van der Waals surface area contributed by atoms with Gasteiger partial charge in [0.15, 0.2) is 23.0 Å². The zero-order valence-electron chi connectivity index (χ0n) is 41.4. The normalized spacial score (nSPS) is 15.9. The average molecular weight is 862 g/mol. The van der Waals surface area contributed by atoms with E-state index < -0.39 is 17.6 Å². The molecule has 0 fully saturated rings. The van der Waals surface area contributed by atoms with Crippen molar-refractivity contribution < 1.29 is 16.6 Å². The quantitative estimate of drug-likeness (QED) is 0.140. The number of pyridine rings is 1. The van der Waals surface area contributed by atoms with E-state index in [2.05, 4.69) is 200 Å². The van der Waals surface area contributed by atoms with Crippen molar-refractivity contribution in [1.82, 2.24) is 4.57 Å². The standard InChI is InChI=1S/C62H57N3O/c1-36(2)45-31-51(39(7)8)60-54(32-45)61-64(47-27-25-43(26-28-47)57-48(37(3)4)17-13-18-49(57)38(5)6)55-20-14-19-50-52-33-46(41-15-11-10-12-16-41)34-53-56-35-44(42-23-21-40(9)22-24-42)29-30-63(56)62(66-60,58(52)53)65(61)59(50)55/h10-39H,1-9H3/q+2/i37D,38D. The maximum Gasteiger partial charge on any atom is 0.499 e. The number of fused-ring (bicyclic) bond motifs is 5. The average Bonchev–Trinajstić information content (AvgIpc) is 3.82. The maximum atomic E-state index is 9.21. The zero-order valence-corrected chi connectivity index (χ0v) is 39.4. The van der Waals surface area contributed by atoms with Crippen molar-refractivity contribution in [3.05, 3.63) is 191 Å². The van der Waals surface area contributed by atoms with Gasteiger partial charge in [-0.2, -0.15) is 4.57 Å². The summed E-state index contributed by atoms with van der Waals surface area (Å²) >= 11 is 0. The maximum absolute atomic E-state index is 9.21. The van der Waals surface area contributed by atoms with Crippen LogP contribution in [0.1, 0.15) is 115 Å². The molecule has 0 saturated carbocycles. The molecule has 1 spiro atoms. The van der Waals surface area contributed by atoms with E-state index in [1.54, 1.807) is 0 Å². The lowest BCUT2D eigenvalue weighted by atomic mass is 9.85. The molecular formula is C62H57N3O+2. The van der Waals surface area contributed by atoms with Gasteiger partial charge in [0.2, 0.25) is 5.69 Å². The van der Waals surface area contributed by atoms with Crippen LogP contribution in [0.2, 0.25) is 0 Å². The van der Waals surface area contributed by atoms with Gasteiger partial charge in [-0.05, 0) is 129 Å². The number of ether oxygens (including phenoxy) is 1. The van der Waals surface area contributed by atoms with Crippen molar-refractivity contribution in [3.8, 4) is 78.6 Å². The molecule has 0 bridgehead atoms. The van der Waals surface area contributed by atoms with Crippen molar-refractivity contribution in [2.24, 2.45) is 0 Å². The van der Waals surface area contributed by atoms with Crippen LogP contribution in [0.25, 0.3) is 83.9 Å². The molecule has 0 saturated heterocycles. The predicted molar refractivity (Wildman–Crippen MR) is 270 cm³/mol.